The summed E-state index contributed by atoms with van der Waals surface area (Å²) < 4.78 is 8.90. The van der Waals surface area contributed by atoms with Crippen molar-refractivity contribution in [2.75, 3.05) is 16.5 Å². The van der Waals surface area contributed by atoms with E-state index >= 15 is 0 Å². The lowest BCUT2D eigenvalue weighted by Gasteiger charge is -2.33. The maximum atomic E-state index is 6.66. The lowest BCUT2D eigenvalue weighted by Crippen LogP contribution is -2.27. The number of ether oxygens (including phenoxy) is 1. The van der Waals surface area contributed by atoms with Crippen molar-refractivity contribution in [2.24, 2.45) is 0 Å². The third-order valence-electron chi connectivity index (χ3n) is 12.3. The van der Waals surface area contributed by atoms with Crippen LogP contribution < -0.4 is 14.5 Å². The zero-order chi connectivity index (χ0) is 40.9. The van der Waals surface area contributed by atoms with Crippen molar-refractivity contribution in [3.8, 4) is 17.3 Å². The van der Waals surface area contributed by atoms with Gasteiger partial charge in [0.1, 0.15) is 17.3 Å². The standard InChI is InChI=1S/C54H52N4O/c1-52(2,3)40-24-27-49-48(34-40)47-26-25-46(36-50(47)58(49)51-23-14-15-28-55-51)59-45-22-16-21-43(35-45)56-29-30-57(37-56)44-32-41(53(4,5)38-17-10-8-11-18-38)31-42(33-44)54(6,7)39-19-12-9-13-20-39/h8-36H,37H2,1-7H3. The zero-order valence-corrected chi connectivity index (χ0v) is 35.1. The van der Waals surface area contributed by atoms with Gasteiger partial charge in [-0.2, -0.15) is 0 Å². The number of anilines is 2. The highest BCUT2D eigenvalue weighted by Gasteiger charge is 2.30. The molecule has 0 unspecified atom stereocenters. The van der Waals surface area contributed by atoms with Crippen molar-refractivity contribution in [3.63, 3.8) is 0 Å². The summed E-state index contributed by atoms with van der Waals surface area (Å²) in [6.07, 6.45) is 6.21. The predicted molar refractivity (Wildman–Crippen MR) is 246 cm³/mol. The van der Waals surface area contributed by atoms with Gasteiger partial charge >= 0.3 is 0 Å². The van der Waals surface area contributed by atoms with E-state index in [0.29, 0.717) is 6.67 Å². The van der Waals surface area contributed by atoms with Crippen molar-refractivity contribution in [1.29, 1.82) is 0 Å². The van der Waals surface area contributed by atoms with Crippen LogP contribution in [0.4, 0.5) is 11.4 Å². The van der Waals surface area contributed by atoms with E-state index in [1.54, 1.807) is 0 Å². The van der Waals surface area contributed by atoms with Crippen molar-refractivity contribution in [2.45, 2.75) is 64.7 Å². The molecule has 0 saturated carbocycles. The highest BCUT2D eigenvalue weighted by atomic mass is 16.5. The molecular formula is C54H52N4O. The molecule has 5 nitrogen and oxygen atoms in total. The van der Waals surface area contributed by atoms with Crippen LogP contribution in [0.25, 0.3) is 27.6 Å². The van der Waals surface area contributed by atoms with Gasteiger partial charge in [-0.05, 0) is 93.9 Å². The molecule has 6 aromatic carbocycles. The van der Waals surface area contributed by atoms with Crippen molar-refractivity contribution < 1.29 is 4.74 Å². The van der Waals surface area contributed by atoms with Gasteiger partial charge < -0.3 is 14.5 Å². The summed E-state index contributed by atoms with van der Waals surface area (Å²) in [4.78, 5) is 9.38. The average Bonchev–Trinajstić information content (AvgIpc) is 3.88. The number of hydrogen-bond acceptors (Lipinski definition) is 4. The van der Waals surface area contributed by atoms with E-state index in [1.165, 1.54) is 44.3 Å². The van der Waals surface area contributed by atoms with Crippen LogP contribution >= 0.6 is 0 Å². The third-order valence-corrected chi connectivity index (χ3v) is 12.3. The Hall–Kier alpha value is -6.59. The summed E-state index contributed by atoms with van der Waals surface area (Å²) >= 11 is 0. The fourth-order valence-electron chi connectivity index (χ4n) is 8.42. The Morgan fingerprint density at radius 3 is 1.71 bits per heavy atom. The molecule has 5 heteroatoms. The molecule has 0 aliphatic carbocycles. The van der Waals surface area contributed by atoms with Gasteiger partial charge in [-0.15, -0.1) is 0 Å². The molecule has 2 aromatic heterocycles. The highest BCUT2D eigenvalue weighted by molar-refractivity contribution is 6.09. The van der Waals surface area contributed by atoms with Crippen LogP contribution in [-0.2, 0) is 16.2 Å². The lowest BCUT2D eigenvalue weighted by molar-refractivity contribution is 0.483. The fourth-order valence-corrected chi connectivity index (χ4v) is 8.42. The average molecular weight is 773 g/mol. The minimum atomic E-state index is -0.196. The first kappa shape index (κ1) is 38.0. The molecule has 294 valence electrons. The second kappa shape index (κ2) is 14.7. The van der Waals surface area contributed by atoms with E-state index in [9.17, 15) is 0 Å². The topological polar surface area (TPSA) is 33.5 Å². The van der Waals surface area contributed by atoms with Crippen LogP contribution in [-0.4, -0.2) is 16.2 Å². The summed E-state index contributed by atoms with van der Waals surface area (Å²) in [6.45, 7) is 16.8. The van der Waals surface area contributed by atoms with Gasteiger partial charge in [0.15, 0.2) is 0 Å². The summed E-state index contributed by atoms with van der Waals surface area (Å²) in [5, 5.41) is 2.38. The van der Waals surface area contributed by atoms with Gasteiger partial charge in [0.2, 0.25) is 0 Å². The first-order valence-electron chi connectivity index (χ1n) is 20.6. The quantitative estimate of drug-likeness (QED) is 0.146. The van der Waals surface area contributed by atoms with Crippen molar-refractivity contribution in [3.05, 3.63) is 204 Å². The van der Waals surface area contributed by atoms with E-state index in [0.717, 1.165) is 34.0 Å². The van der Waals surface area contributed by atoms with Gasteiger partial charge in [0.25, 0.3) is 0 Å². The van der Waals surface area contributed by atoms with Crippen LogP contribution in [0.3, 0.4) is 0 Å². The Morgan fingerprint density at radius 1 is 0.458 bits per heavy atom. The number of pyridine rings is 1. The third kappa shape index (κ3) is 7.16. The molecule has 0 N–H and O–H groups in total. The number of aromatic nitrogens is 2. The molecule has 9 rings (SSSR count). The lowest BCUT2D eigenvalue weighted by atomic mass is 9.73. The van der Waals surface area contributed by atoms with Crippen molar-refractivity contribution >= 4 is 33.2 Å². The summed E-state index contributed by atoms with van der Waals surface area (Å²) in [5.74, 6) is 2.43. The Bertz CT molecular complexity index is 2740. The molecule has 59 heavy (non-hydrogen) atoms. The molecule has 0 saturated heterocycles. The number of benzene rings is 6. The molecule has 0 fully saturated rings. The molecule has 0 amide bonds. The Balaban J connectivity index is 1.02. The van der Waals surface area contributed by atoms with Gasteiger partial charge in [0, 0.05) is 63.7 Å². The monoisotopic (exact) mass is 772 g/mol. The van der Waals surface area contributed by atoms with Gasteiger partial charge in [-0.25, -0.2) is 4.98 Å². The van der Waals surface area contributed by atoms with Crippen LogP contribution in [0.5, 0.6) is 11.5 Å². The molecule has 8 aromatic rings. The van der Waals surface area contributed by atoms with Crippen LogP contribution in [0.1, 0.15) is 76.3 Å². The number of nitrogens with zero attached hydrogens (tertiary/aromatic N) is 4. The molecule has 0 spiro atoms. The fraction of sp³-hybridized carbons (Fsp3) is 0.204. The molecule has 3 heterocycles. The normalized spacial score (nSPS) is 13.5. The maximum absolute atomic E-state index is 6.66. The molecule has 1 aliphatic heterocycles. The minimum absolute atomic E-state index is 0.0365. The Kier molecular flexibility index (Phi) is 9.43. The molecule has 0 atom stereocenters. The Labute approximate surface area is 348 Å². The first-order chi connectivity index (χ1) is 28.4. The minimum Gasteiger partial charge on any atom is -0.457 e. The Morgan fingerprint density at radius 2 is 1.08 bits per heavy atom. The van der Waals surface area contributed by atoms with E-state index in [4.69, 9.17) is 9.72 Å². The van der Waals surface area contributed by atoms with Gasteiger partial charge in [-0.1, -0.05) is 133 Å². The van der Waals surface area contributed by atoms with Crippen LogP contribution in [0.2, 0.25) is 0 Å². The largest absolute Gasteiger partial charge is 0.457 e. The number of rotatable bonds is 9. The molecule has 1 aliphatic rings. The zero-order valence-electron chi connectivity index (χ0n) is 35.1. The van der Waals surface area contributed by atoms with Gasteiger partial charge in [0.05, 0.1) is 17.7 Å². The highest BCUT2D eigenvalue weighted by Crippen LogP contribution is 2.41. The summed E-state index contributed by atoms with van der Waals surface area (Å²) in [6, 6.07) is 56.5. The summed E-state index contributed by atoms with van der Waals surface area (Å²) in [5.41, 5.74) is 10.5. The summed E-state index contributed by atoms with van der Waals surface area (Å²) in [7, 11) is 0. The second-order valence-corrected chi connectivity index (χ2v) is 17.9. The van der Waals surface area contributed by atoms with E-state index in [2.05, 4.69) is 215 Å². The molecular weight excluding hydrogens is 721 g/mol. The smallest absolute Gasteiger partial charge is 0.137 e. The SMILES string of the molecule is CC(C)(C)c1ccc2c(c1)c1ccc(Oc3cccc(N4C=CN(c5cc(C(C)(C)c6ccccc6)cc(C(C)(C)c6ccccc6)c5)C4)c3)cc1n2-c1ccccn1. The molecule has 0 bridgehead atoms. The van der Waals surface area contributed by atoms with E-state index < -0.39 is 0 Å². The second-order valence-electron chi connectivity index (χ2n) is 17.9. The van der Waals surface area contributed by atoms with Crippen LogP contribution in [0.15, 0.2) is 176 Å². The predicted octanol–water partition coefficient (Wildman–Crippen LogP) is 13.7. The van der Waals surface area contributed by atoms with E-state index in [1.807, 2.05) is 24.4 Å². The van der Waals surface area contributed by atoms with Gasteiger partial charge in [-0.3, -0.25) is 4.57 Å². The molecule has 0 radical (unpaired) electrons. The maximum Gasteiger partial charge on any atom is 0.137 e. The number of fused-ring (bicyclic) bond motifs is 3. The first-order valence-corrected chi connectivity index (χ1v) is 20.6. The number of hydrogen-bond donors (Lipinski definition) is 0. The van der Waals surface area contributed by atoms with Crippen LogP contribution in [0, 0.1) is 0 Å². The van der Waals surface area contributed by atoms with Crippen molar-refractivity contribution in [1.82, 2.24) is 9.55 Å². The van der Waals surface area contributed by atoms with E-state index in [-0.39, 0.29) is 16.2 Å².